The van der Waals surface area contributed by atoms with E-state index in [0.717, 1.165) is 12.1 Å². The summed E-state index contributed by atoms with van der Waals surface area (Å²) in [6.07, 6.45) is -3.43. The zero-order valence-electron chi connectivity index (χ0n) is 12.0. The molecule has 24 heavy (non-hydrogen) atoms. The highest BCUT2D eigenvalue weighted by Crippen LogP contribution is 2.29. The predicted molar refractivity (Wildman–Crippen MR) is 81.2 cm³/mol. The highest BCUT2D eigenvalue weighted by Gasteiger charge is 2.30. The van der Waals surface area contributed by atoms with Crippen molar-refractivity contribution in [3.63, 3.8) is 0 Å². The van der Waals surface area contributed by atoms with Gasteiger partial charge in [-0.3, -0.25) is 4.79 Å². The van der Waals surface area contributed by atoms with Crippen LogP contribution in [0.2, 0.25) is 0 Å². The number of thiol groups is 1. The molecular weight excluding hydrogens is 347 g/mol. The zero-order valence-corrected chi connectivity index (χ0v) is 12.9. The van der Waals surface area contributed by atoms with Gasteiger partial charge in [0.05, 0.1) is 12.0 Å². The maximum absolute atomic E-state index is 12.2. The molecule has 128 valence electrons. The van der Waals surface area contributed by atoms with E-state index in [1.165, 1.54) is 24.4 Å². The molecule has 0 aliphatic rings. The lowest BCUT2D eigenvalue weighted by atomic mass is 10.1. The number of aromatic carboxylic acids is 1. The Labute approximate surface area is 140 Å². The lowest BCUT2D eigenvalue weighted by Crippen LogP contribution is -2.07. The Morgan fingerprint density at radius 3 is 2.25 bits per heavy atom. The summed E-state index contributed by atoms with van der Waals surface area (Å²) in [7, 11) is 0. The van der Waals surface area contributed by atoms with Crippen molar-refractivity contribution in [1.82, 2.24) is 4.98 Å². The number of carboxylic acid groups (broad SMARTS) is 2. The maximum atomic E-state index is 12.2. The van der Waals surface area contributed by atoms with Crippen LogP contribution in [0.5, 0.6) is 0 Å². The van der Waals surface area contributed by atoms with Crippen LogP contribution >= 0.6 is 12.6 Å². The van der Waals surface area contributed by atoms with Crippen molar-refractivity contribution in [2.45, 2.75) is 17.5 Å². The minimum atomic E-state index is -4.42. The molecule has 5 nitrogen and oxygen atoms in total. The van der Waals surface area contributed by atoms with Gasteiger partial charge in [-0.1, -0.05) is 18.2 Å². The molecule has 0 aliphatic heterocycles. The third kappa shape index (κ3) is 6.69. The van der Waals surface area contributed by atoms with Gasteiger partial charge in [0.25, 0.3) is 0 Å². The summed E-state index contributed by atoms with van der Waals surface area (Å²) in [6, 6.07) is 7.29. The number of hydrogen-bond acceptors (Lipinski definition) is 4. The van der Waals surface area contributed by atoms with Crippen LogP contribution in [-0.2, 0) is 17.4 Å². The second kappa shape index (κ2) is 8.34. The Balaban J connectivity index is 0.000000254. The Bertz CT molecular complexity index is 717. The summed E-state index contributed by atoms with van der Waals surface area (Å²) >= 11 is 3.94. The van der Waals surface area contributed by atoms with Crippen LogP contribution < -0.4 is 0 Å². The van der Waals surface area contributed by atoms with Gasteiger partial charge in [0.2, 0.25) is 0 Å². The van der Waals surface area contributed by atoms with E-state index >= 15 is 0 Å². The van der Waals surface area contributed by atoms with E-state index in [9.17, 15) is 22.8 Å². The average Bonchev–Trinajstić information content (AvgIpc) is 2.47. The first-order chi connectivity index (χ1) is 11.1. The number of carbonyl (C=O) groups is 2. The summed E-state index contributed by atoms with van der Waals surface area (Å²) in [4.78, 5) is 24.7. The number of nitrogens with zero attached hydrogens (tertiary/aromatic N) is 1. The monoisotopic (exact) mass is 359 g/mol. The van der Waals surface area contributed by atoms with E-state index in [-0.39, 0.29) is 11.3 Å². The van der Waals surface area contributed by atoms with Crippen molar-refractivity contribution in [1.29, 1.82) is 0 Å². The molecule has 0 radical (unpaired) electrons. The third-order valence-electron chi connectivity index (χ3n) is 2.58. The largest absolute Gasteiger partial charge is 0.481 e. The topological polar surface area (TPSA) is 87.5 Å². The number of alkyl halides is 3. The fourth-order valence-electron chi connectivity index (χ4n) is 1.54. The molecule has 2 N–H and O–H groups in total. The Kier molecular flexibility index (Phi) is 6.78. The molecule has 0 unspecified atom stereocenters. The van der Waals surface area contributed by atoms with Crippen LogP contribution in [0.4, 0.5) is 13.2 Å². The van der Waals surface area contributed by atoms with Crippen LogP contribution in [0.3, 0.4) is 0 Å². The predicted octanol–water partition coefficient (Wildman–Crippen LogP) is 3.40. The first-order valence-corrected chi connectivity index (χ1v) is 6.80. The van der Waals surface area contributed by atoms with Crippen LogP contribution in [0.25, 0.3) is 0 Å². The maximum Gasteiger partial charge on any atom is 0.416 e. The number of hydrogen-bond donors (Lipinski definition) is 3. The average molecular weight is 359 g/mol. The molecule has 2 rings (SSSR count). The number of benzene rings is 1. The van der Waals surface area contributed by atoms with Crippen molar-refractivity contribution < 1.29 is 33.0 Å². The quantitative estimate of drug-likeness (QED) is 0.731. The summed E-state index contributed by atoms with van der Waals surface area (Å²) in [5.41, 5.74) is -0.638. The van der Waals surface area contributed by atoms with E-state index in [1.807, 2.05) is 0 Å². The van der Waals surface area contributed by atoms with Crippen molar-refractivity contribution in [3.8, 4) is 0 Å². The van der Waals surface area contributed by atoms with Crippen LogP contribution in [0, 0.1) is 0 Å². The molecule has 0 spiro atoms. The molecule has 0 amide bonds. The standard InChI is InChI=1S/C9H7F3O2.C6H5NO2S/c10-9(11,12)7-3-1-2-6(4-7)5-8(13)14;8-6(9)5-2-1-4(10)3-7-5/h1-4H,5H2,(H,13,14);1-3,10H,(H,8,9). The molecule has 9 heteroatoms. The Hall–Kier alpha value is -2.55. The molecule has 1 heterocycles. The van der Waals surface area contributed by atoms with Crippen LogP contribution in [0.15, 0.2) is 47.5 Å². The number of carboxylic acids is 2. The fourth-order valence-corrected chi connectivity index (χ4v) is 1.68. The van der Waals surface area contributed by atoms with E-state index in [0.29, 0.717) is 4.90 Å². The van der Waals surface area contributed by atoms with Crippen molar-refractivity contribution in [2.24, 2.45) is 0 Å². The first-order valence-electron chi connectivity index (χ1n) is 6.36. The van der Waals surface area contributed by atoms with Gasteiger partial charge in [0.15, 0.2) is 0 Å². The molecule has 0 atom stereocenters. The van der Waals surface area contributed by atoms with E-state index in [2.05, 4.69) is 17.6 Å². The summed E-state index contributed by atoms with van der Waals surface area (Å²) < 4.78 is 36.5. The SMILES string of the molecule is O=C(O)Cc1cccc(C(F)(F)F)c1.O=C(O)c1ccc(S)cn1. The van der Waals surface area contributed by atoms with Gasteiger partial charge >= 0.3 is 18.1 Å². The number of pyridine rings is 1. The molecule has 0 saturated heterocycles. The molecule has 2 aromatic rings. The fraction of sp³-hybridized carbons (Fsp3) is 0.133. The number of aromatic nitrogens is 1. The molecule has 1 aromatic heterocycles. The molecule has 1 aromatic carbocycles. The van der Waals surface area contributed by atoms with E-state index in [1.54, 1.807) is 6.07 Å². The highest BCUT2D eigenvalue weighted by atomic mass is 32.1. The number of aliphatic carboxylic acids is 1. The van der Waals surface area contributed by atoms with E-state index < -0.39 is 30.1 Å². The lowest BCUT2D eigenvalue weighted by molar-refractivity contribution is -0.138. The molecular formula is C15H12F3NO4S. The molecule has 0 fully saturated rings. The van der Waals surface area contributed by atoms with Gasteiger partial charge in [0.1, 0.15) is 5.69 Å². The lowest BCUT2D eigenvalue weighted by Gasteiger charge is -2.07. The minimum Gasteiger partial charge on any atom is -0.481 e. The van der Waals surface area contributed by atoms with Crippen molar-refractivity contribution in [3.05, 3.63) is 59.4 Å². The normalized spacial score (nSPS) is 10.5. The second-order valence-corrected chi connectivity index (χ2v) is 4.99. The van der Waals surface area contributed by atoms with Gasteiger partial charge in [-0.05, 0) is 23.8 Å². The number of halogens is 3. The van der Waals surface area contributed by atoms with Crippen molar-refractivity contribution >= 4 is 24.6 Å². The van der Waals surface area contributed by atoms with Gasteiger partial charge < -0.3 is 10.2 Å². The summed E-state index contributed by atoms with van der Waals surface area (Å²) in [5.74, 6) is -2.17. The van der Waals surface area contributed by atoms with Gasteiger partial charge in [0, 0.05) is 11.1 Å². The molecule has 0 bridgehead atoms. The number of rotatable bonds is 3. The Morgan fingerprint density at radius 1 is 1.12 bits per heavy atom. The van der Waals surface area contributed by atoms with Gasteiger partial charge in [-0.15, -0.1) is 12.6 Å². The smallest absolute Gasteiger partial charge is 0.416 e. The van der Waals surface area contributed by atoms with Crippen LogP contribution in [-0.4, -0.2) is 27.1 Å². The van der Waals surface area contributed by atoms with Gasteiger partial charge in [-0.2, -0.15) is 13.2 Å². The van der Waals surface area contributed by atoms with Crippen molar-refractivity contribution in [2.75, 3.05) is 0 Å². The summed E-state index contributed by atoms with van der Waals surface area (Å²) in [5, 5.41) is 16.8. The first kappa shape index (κ1) is 19.5. The van der Waals surface area contributed by atoms with Gasteiger partial charge in [-0.25, -0.2) is 9.78 Å². The minimum absolute atomic E-state index is 0.0396. The third-order valence-corrected chi connectivity index (χ3v) is 2.84. The molecule has 0 saturated carbocycles. The Morgan fingerprint density at radius 2 is 1.79 bits per heavy atom. The van der Waals surface area contributed by atoms with E-state index in [4.69, 9.17) is 10.2 Å². The van der Waals surface area contributed by atoms with Crippen LogP contribution in [0.1, 0.15) is 21.6 Å². The zero-order chi connectivity index (χ0) is 18.3. The second-order valence-electron chi connectivity index (χ2n) is 4.48. The highest BCUT2D eigenvalue weighted by molar-refractivity contribution is 7.80. The summed E-state index contributed by atoms with van der Waals surface area (Å²) in [6.45, 7) is 0. The molecule has 0 aliphatic carbocycles.